The maximum Gasteiger partial charge on any atom is 0.163 e. The van der Waals surface area contributed by atoms with Crippen LogP contribution in [0, 0.1) is 0 Å². The first-order chi connectivity index (χ1) is 23.8. The highest BCUT2D eigenvalue weighted by atomic mass is 16.3. The predicted molar refractivity (Wildman–Crippen MR) is 195 cm³/mol. The fourth-order valence-corrected chi connectivity index (χ4v) is 7.45. The van der Waals surface area contributed by atoms with Crippen molar-refractivity contribution in [2.24, 2.45) is 0 Å². The molecule has 1 aliphatic carbocycles. The van der Waals surface area contributed by atoms with E-state index >= 15 is 0 Å². The Balaban J connectivity index is 1.17. The Morgan fingerprint density at radius 2 is 0.896 bits per heavy atom. The van der Waals surface area contributed by atoms with Gasteiger partial charge in [-0.3, -0.25) is 0 Å². The zero-order valence-corrected chi connectivity index (χ0v) is 25.9. The van der Waals surface area contributed by atoms with Crippen molar-refractivity contribution in [1.29, 1.82) is 0 Å². The highest BCUT2D eigenvalue weighted by Crippen LogP contribution is 2.50. The van der Waals surface area contributed by atoms with Crippen molar-refractivity contribution in [3.05, 3.63) is 163 Å². The molecule has 9 aromatic rings. The molecule has 224 valence electrons. The Labute approximate surface area is 277 Å². The predicted octanol–water partition coefficient (Wildman–Crippen LogP) is 11.2. The monoisotopic (exact) mass is 613 g/mol. The average Bonchev–Trinajstić information content (AvgIpc) is 3.70. The van der Waals surface area contributed by atoms with E-state index in [4.69, 9.17) is 19.4 Å². The van der Waals surface area contributed by atoms with Crippen LogP contribution in [-0.2, 0) is 6.42 Å². The van der Waals surface area contributed by atoms with Crippen LogP contribution in [0.15, 0.2) is 156 Å². The third-order valence-corrected chi connectivity index (χ3v) is 9.54. The summed E-state index contributed by atoms with van der Waals surface area (Å²) in [7, 11) is 0. The van der Waals surface area contributed by atoms with Crippen LogP contribution < -0.4 is 0 Å². The van der Waals surface area contributed by atoms with Gasteiger partial charge in [0.15, 0.2) is 11.6 Å². The normalized spacial score (nSPS) is 11.8. The van der Waals surface area contributed by atoms with Crippen LogP contribution in [0.1, 0.15) is 11.4 Å². The smallest absolute Gasteiger partial charge is 0.163 e. The summed E-state index contributed by atoms with van der Waals surface area (Å²) in [5, 5.41) is 4.77. The van der Waals surface area contributed by atoms with E-state index in [2.05, 4.69) is 91.0 Å². The van der Waals surface area contributed by atoms with Gasteiger partial charge in [0.05, 0.1) is 0 Å². The van der Waals surface area contributed by atoms with E-state index in [0.717, 1.165) is 44.2 Å². The average molecular weight is 614 g/mol. The maximum absolute atomic E-state index is 6.55. The summed E-state index contributed by atoms with van der Waals surface area (Å²) in [6.45, 7) is 0. The van der Waals surface area contributed by atoms with Crippen LogP contribution in [0.4, 0.5) is 0 Å². The highest BCUT2D eigenvalue weighted by Gasteiger charge is 2.24. The highest BCUT2D eigenvalue weighted by molar-refractivity contribution is 6.22. The lowest BCUT2D eigenvalue weighted by Crippen LogP contribution is -2.04. The molecule has 0 amide bonds. The molecule has 0 fully saturated rings. The molecule has 0 saturated heterocycles. The first-order valence-corrected chi connectivity index (χ1v) is 16.2. The topological polar surface area (TPSA) is 51.8 Å². The lowest BCUT2D eigenvalue weighted by molar-refractivity contribution is 0.669. The Kier molecular flexibility index (Phi) is 5.90. The van der Waals surface area contributed by atoms with Crippen LogP contribution in [0.5, 0.6) is 0 Å². The number of hydrogen-bond acceptors (Lipinski definition) is 4. The molecule has 0 N–H and O–H groups in total. The molecule has 1 aliphatic rings. The molecule has 10 rings (SSSR count). The molecule has 0 radical (unpaired) electrons. The first kappa shape index (κ1) is 26.8. The van der Waals surface area contributed by atoms with E-state index in [0.29, 0.717) is 23.9 Å². The molecule has 2 heterocycles. The zero-order valence-electron chi connectivity index (χ0n) is 25.9. The summed E-state index contributed by atoms with van der Waals surface area (Å²) < 4.78 is 6.55. The molecule has 48 heavy (non-hydrogen) atoms. The summed E-state index contributed by atoms with van der Waals surface area (Å²) in [4.78, 5) is 14.9. The summed E-state index contributed by atoms with van der Waals surface area (Å²) >= 11 is 0. The van der Waals surface area contributed by atoms with Gasteiger partial charge in [0.25, 0.3) is 0 Å². The van der Waals surface area contributed by atoms with Crippen molar-refractivity contribution in [3.63, 3.8) is 0 Å². The molecule has 0 aliphatic heterocycles. The molecule has 2 aromatic heterocycles. The number of benzene rings is 7. The van der Waals surface area contributed by atoms with E-state index in [1.54, 1.807) is 0 Å². The summed E-state index contributed by atoms with van der Waals surface area (Å²) in [6, 6.07) is 52.9. The van der Waals surface area contributed by atoms with Crippen LogP contribution in [0.25, 0.3) is 88.9 Å². The van der Waals surface area contributed by atoms with Crippen molar-refractivity contribution in [2.75, 3.05) is 0 Å². The minimum atomic E-state index is 0.529. The fraction of sp³-hybridized carbons (Fsp3) is 0.0227. The standard InChI is InChI=1S/C44H27N3O/c1-3-12-27(13-4-1)43-45-39(46-44(47-43)28-14-5-2-6-15-28)26-29-16-9-22-37-40(29)42-35(21-11-23-38(42)48-37)32-24-25-36-31-18-8-7-17-30(31)33-19-10-20-34(32)41(33)36/h1-25H,26H2. The summed E-state index contributed by atoms with van der Waals surface area (Å²) in [5.41, 5.74) is 12.3. The molecule has 0 unspecified atom stereocenters. The first-order valence-electron chi connectivity index (χ1n) is 16.2. The minimum absolute atomic E-state index is 0.529. The van der Waals surface area contributed by atoms with E-state index in [1.807, 2.05) is 60.7 Å². The van der Waals surface area contributed by atoms with Gasteiger partial charge in [-0.05, 0) is 61.8 Å². The van der Waals surface area contributed by atoms with Crippen LogP contribution in [0.2, 0.25) is 0 Å². The van der Waals surface area contributed by atoms with Crippen LogP contribution in [-0.4, -0.2) is 15.0 Å². The summed E-state index contributed by atoms with van der Waals surface area (Å²) in [6.07, 6.45) is 0.529. The number of rotatable bonds is 5. The van der Waals surface area contributed by atoms with Gasteiger partial charge in [-0.25, -0.2) is 15.0 Å². The lowest BCUT2D eigenvalue weighted by atomic mass is 9.91. The number of hydrogen-bond donors (Lipinski definition) is 0. The molecular weight excluding hydrogens is 587 g/mol. The Morgan fingerprint density at radius 1 is 0.375 bits per heavy atom. The fourth-order valence-electron chi connectivity index (χ4n) is 7.45. The third-order valence-electron chi connectivity index (χ3n) is 9.54. The molecule has 4 nitrogen and oxygen atoms in total. The number of aromatic nitrogens is 3. The van der Waals surface area contributed by atoms with Crippen LogP contribution >= 0.6 is 0 Å². The maximum atomic E-state index is 6.55. The van der Waals surface area contributed by atoms with Gasteiger partial charge in [-0.2, -0.15) is 0 Å². The molecule has 4 heteroatoms. The molecule has 0 spiro atoms. The van der Waals surface area contributed by atoms with Gasteiger partial charge in [-0.15, -0.1) is 0 Å². The molecule has 7 aromatic carbocycles. The quantitative estimate of drug-likeness (QED) is 0.194. The number of fused-ring (bicyclic) bond motifs is 6. The van der Waals surface area contributed by atoms with Gasteiger partial charge >= 0.3 is 0 Å². The largest absolute Gasteiger partial charge is 0.456 e. The van der Waals surface area contributed by atoms with E-state index in [-0.39, 0.29) is 0 Å². The molecule has 0 saturated carbocycles. The van der Waals surface area contributed by atoms with Gasteiger partial charge in [0.1, 0.15) is 17.0 Å². The van der Waals surface area contributed by atoms with Gasteiger partial charge in [0.2, 0.25) is 0 Å². The lowest BCUT2D eigenvalue weighted by Gasteiger charge is -2.12. The Hall–Kier alpha value is -6.39. The minimum Gasteiger partial charge on any atom is -0.456 e. The zero-order chi connectivity index (χ0) is 31.6. The van der Waals surface area contributed by atoms with Gasteiger partial charge in [-0.1, -0.05) is 140 Å². The molecular formula is C44H27N3O. The molecule has 0 bridgehead atoms. The number of furan rings is 1. The van der Waals surface area contributed by atoms with Crippen LogP contribution in [0.3, 0.4) is 0 Å². The number of nitrogens with zero attached hydrogens (tertiary/aromatic N) is 3. The Bertz CT molecular complexity index is 2610. The Morgan fingerprint density at radius 3 is 1.58 bits per heavy atom. The SMILES string of the molecule is c1ccc(-c2nc(Cc3cccc4oc5cccc(-c6ccc7c8c(cccc68)-c6ccccc6-7)c5c34)nc(-c3ccccc3)n2)cc1. The van der Waals surface area contributed by atoms with E-state index in [9.17, 15) is 0 Å². The van der Waals surface area contributed by atoms with E-state index in [1.165, 1.54) is 38.6 Å². The second-order valence-electron chi connectivity index (χ2n) is 12.3. The van der Waals surface area contributed by atoms with Crippen molar-refractivity contribution >= 4 is 32.7 Å². The van der Waals surface area contributed by atoms with Gasteiger partial charge < -0.3 is 4.42 Å². The molecule has 0 atom stereocenters. The van der Waals surface area contributed by atoms with Crippen molar-refractivity contribution in [3.8, 4) is 56.2 Å². The third kappa shape index (κ3) is 4.13. The van der Waals surface area contributed by atoms with Gasteiger partial charge in [0, 0.05) is 28.3 Å². The van der Waals surface area contributed by atoms with Crippen molar-refractivity contribution in [1.82, 2.24) is 15.0 Å². The summed E-state index contributed by atoms with van der Waals surface area (Å²) in [5.74, 6) is 2.04. The van der Waals surface area contributed by atoms with Crippen molar-refractivity contribution < 1.29 is 4.42 Å². The second-order valence-corrected chi connectivity index (χ2v) is 12.3. The van der Waals surface area contributed by atoms with Crippen molar-refractivity contribution in [2.45, 2.75) is 6.42 Å². The van der Waals surface area contributed by atoms with E-state index < -0.39 is 0 Å². The second kappa shape index (κ2) is 10.6.